The van der Waals surface area contributed by atoms with E-state index in [1.165, 1.54) is 49.0 Å². The summed E-state index contributed by atoms with van der Waals surface area (Å²) in [6.45, 7) is 4.30. The Morgan fingerprint density at radius 3 is 2.79 bits per heavy atom. The molecule has 0 fully saturated rings. The van der Waals surface area contributed by atoms with Crippen LogP contribution >= 0.6 is 11.8 Å². The fourth-order valence-corrected chi connectivity index (χ4v) is 3.96. The molecule has 1 aliphatic rings. The van der Waals surface area contributed by atoms with E-state index in [-0.39, 0.29) is 0 Å². The number of rotatable bonds is 6. The Balaban J connectivity index is 1.87. The summed E-state index contributed by atoms with van der Waals surface area (Å²) in [6, 6.07) is 6.28. The molecule has 0 radical (unpaired) electrons. The summed E-state index contributed by atoms with van der Waals surface area (Å²) in [4.78, 5) is 13.4. The lowest BCUT2D eigenvalue weighted by Crippen LogP contribution is -2.17. The van der Waals surface area contributed by atoms with Gasteiger partial charge in [-0.2, -0.15) is 0 Å². The zero-order chi connectivity index (χ0) is 13.7. The lowest BCUT2D eigenvalue weighted by Gasteiger charge is -2.23. The number of thioether (sulfide) groups is 1. The van der Waals surface area contributed by atoms with Gasteiger partial charge in [0.05, 0.1) is 0 Å². The number of carbonyl (C=O) groups is 1. The predicted octanol–water partition coefficient (Wildman–Crippen LogP) is 5.40. The number of hydrogen-bond donors (Lipinski definition) is 0. The maximum absolute atomic E-state index is 12.2. The van der Waals surface area contributed by atoms with Gasteiger partial charge >= 0.3 is 0 Å². The average Bonchev–Trinajstić information content (AvgIpc) is 2.39. The van der Waals surface area contributed by atoms with Crippen LogP contribution in [0, 0.1) is 6.92 Å². The van der Waals surface area contributed by atoms with Crippen molar-refractivity contribution in [3.63, 3.8) is 0 Å². The van der Waals surface area contributed by atoms with Gasteiger partial charge in [-0.3, -0.25) is 4.79 Å². The number of aryl methyl sites for hydroxylation is 1. The van der Waals surface area contributed by atoms with Gasteiger partial charge in [0.15, 0.2) is 5.78 Å². The molecule has 1 aromatic rings. The topological polar surface area (TPSA) is 17.1 Å². The van der Waals surface area contributed by atoms with Crippen molar-refractivity contribution in [3.8, 4) is 0 Å². The first-order chi connectivity index (χ1) is 9.20. The van der Waals surface area contributed by atoms with Crippen LogP contribution in [-0.4, -0.2) is 11.0 Å². The van der Waals surface area contributed by atoms with E-state index in [1.807, 2.05) is 17.8 Å². The van der Waals surface area contributed by atoms with Crippen LogP contribution in [0.2, 0.25) is 0 Å². The highest BCUT2D eigenvalue weighted by Crippen LogP contribution is 2.37. The van der Waals surface area contributed by atoms with E-state index in [4.69, 9.17) is 0 Å². The highest BCUT2D eigenvalue weighted by Gasteiger charge is 2.25. The average molecular weight is 276 g/mol. The van der Waals surface area contributed by atoms with E-state index in [9.17, 15) is 4.79 Å². The van der Waals surface area contributed by atoms with E-state index in [1.54, 1.807) is 0 Å². The van der Waals surface area contributed by atoms with Gasteiger partial charge in [-0.25, -0.2) is 0 Å². The van der Waals surface area contributed by atoms with Crippen LogP contribution in [0.5, 0.6) is 0 Å². The van der Waals surface area contributed by atoms with Crippen LogP contribution in [0.3, 0.4) is 0 Å². The molecule has 1 aromatic carbocycles. The molecule has 1 unspecified atom stereocenters. The van der Waals surface area contributed by atoms with Crippen LogP contribution in [-0.2, 0) is 0 Å². The molecule has 1 heterocycles. The lowest BCUT2D eigenvalue weighted by atomic mass is 10.0. The van der Waals surface area contributed by atoms with Crippen molar-refractivity contribution in [3.05, 3.63) is 29.3 Å². The summed E-state index contributed by atoms with van der Waals surface area (Å²) >= 11 is 1.91. The zero-order valence-electron chi connectivity index (χ0n) is 12.1. The second kappa shape index (κ2) is 7.14. The fraction of sp³-hybridized carbons (Fsp3) is 0.588. The SMILES string of the molecule is CCCCCCCC1CC(=O)c2cc(C)ccc2S1. The third kappa shape index (κ3) is 4.10. The third-order valence-corrected chi connectivity index (χ3v) is 5.12. The molecule has 0 N–H and O–H groups in total. The maximum atomic E-state index is 12.2. The molecule has 1 nitrogen and oxygen atoms in total. The van der Waals surface area contributed by atoms with Crippen molar-refractivity contribution in [2.45, 2.75) is 68.9 Å². The molecule has 0 aromatic heterocycles. The maximum Gasteiger partial charge on any atom is 0.165 e. The number of ketones is 1. The Hall–Kier alpha value is -0.760. The molecule has 2 heteroatoms. The third-order valence-electron chi connectivity index (χ3n) is 3.77. The Morgan fingerprint density at radius 2 is 2.00 bits per heavy atom. The van der Waals surface area contributed by atoms with Gasteiger partial charge in [0.2, 0.25) is 0 Å². The minimum atomic E-state index is 0.344. The van der Waals surface area contributed by atoms with Gasteiger partial charge in [0.1, 0.15) is 0 Å². The van der Waals surface area contributed by atoms with Gasteiger partial charge in [0.25, 0.3) is 0 Å². The molecule has 0 saturated heterocycles. The monoisotopic (exact) mass is 276 g/mol. The Kier molecular flexibility index (Phi) is 5.50. The first kappa shape index (κ1) is 14.6. The molecule has 0 spiro atoms. The van der Waals surface area contributed by atoms with E-state index >= 15 is 0 Å². The Bertz CT molecular complexity index is 439. The smallest absolute Gasteiger partial charge is 0.165 e. The summed E-state index contributed by atoms with van der Waals surface area (Å²) in [5.41, 5.74) is 2.14. The molecule has 1 atom stereocenters. The van der Waals surface area contributed by atoms with Gasteiger partial charge in [-0.1, -0.05) is 50.7 Å². The largest absolute Gasteiger partial charge is 0.294 e. The van der Waals surface area contributed by atoms with E-state index in [0.29, 0.717) is 11.0 Å². The summed E-state index contributed by atoms with van der Waals surface area (Å²) in [6.07, 6.45) is 8.49. The van der Waals surface area contributed by atoms with E-state index < -0.39 is 0 Å². The first-order valence-electron chi connectivity index (χ1n) is 7.51. The normalized spacial score (nSPS) is 18.4. The zero-order valence-corrected chi connectivity index (χ0v) is 12.9. The summed E-state index contributed by atoms with van der Waals surface area (Å²) in [5.74, 6) is 0.344. The number of Topliss-reactive ketones (excluding diaryl/α,β-unsaturated/α-hetero) is 1. The van der Waals surface area contributed by atoms with Crippen molar-refractivity contribution < 1.29 is 4.79 Å². The quantitative estimate of drug-likeness (QED) is 0.647. The number of carbonyl (C=O) groups excluding carboxylic acids is 1. The van der Waals surface area contributed by atoms with Crippen molar-refractivity contribution in [2.24, 2.45) is 0 Å². The van der Waals surface area contributed by atoms with Crippen LogP contribution < -0.4 is 0 Å². The van der Waals surface area contributed by atoms with Gasteiger partial charge < -0.3 is 0 Å². The molecule has 1 aliphatic heterocycles. The first-order valence-corrected chi connectivity index (χ1v) is 8.39. The lowest BCUT2D eigenvalue weighted by molar-refractivity contribution is 0.0975. The van der Waals surface area contributed by atoms with Crippen LogP contribution in [0.15, 0.2) is 23.1 Å². The second-order valence-corrected chi connectivity index (χ2v) is 6.91. The number of hydrogen-bond acceptors (Lipinski definition) is 2. The highest BCUT2D eigenvalue weighted by atomic mass is 32.2. The molecule has 19 heavy (non-hydrogen) atoms. The minimum absolute atomic E-state index is 0.344. The summed E-state index contributed by atoms with van der Waals surface area (Å²) in [5, 5.41) is 0.504. The van der Waals surface area contributed by atoms with Crippen molar-refractivity contribution in [1.29, 1.82) is 0 Å². The molecule has 0 saturated carbocycles. The molecule has 0 aliphatic carbocycles. The van der Waals surface area contributed by atoms with Crippen molar-refractivity contribution >= 4 is 17.5 Å². The number of fused-ring (bicyclic) bond motifs is 1. The van der Waals surface area contributed by atoms with Crippen LogP contribution in [0.25, 0.3) is 0 Å². The predicted molar refractivity (Wildman–Crippen MR) is 83.1 cm³/mol. The van der Waals surface area contributed by atoms with Crippen molar-refractivity contribution in [2.75, 3.05) is 0 Å². The fourth-order valence-electron chi connectivity index (χ4n) is 2.64. The number of benzene rings is 1. The summed E-state index contributed by atoms with van der Waals surface area (Å²) in [7, 11) is 0. The second-order valence-electron chi connectivity index (χ2n) is 5.57. The molecule has 104 valence electrons. The molecular weight excluding hydrogens is 252 g/mol. The standard InChI is InChI=1S/C17H24OS/c1-3-4-5-6-7-8-14-12-16(18)15-11-13(2)9-10-17(15)19-14/h9-11,14H,3-8,12H2,1-2H3. The molecule has 0 bridgehead atoms. The van der Waals surface area contributed by atoms with E-state index in [0.717, 1.165) is 12.0 Å². The Labute approximate surface area is 121 Å². The van der Waals surface area contributed by atoms with Crippen molar-refractivity contribution in [1.82, 2.24) is 0 Å². The minimum Gasteiger partial charge on any atom is -0.294 e. The number of unbranched alkanes of at least 4 members (excludes halogenated alkanes) is 4. The molecule has 0 amide bonds. The van der Waals surface area contributed by atoms with Crippen LogP contribution in [0.1, 0.15) is 67.8 Å². The summed E-state index contributed by atoms with van der Waals surface area (Å²) < 4.78 is 0. The highest BCUT2D eigenvalue weighted by molar-refractivity contribution is 8.00. The van der Waals surface area contributed by atoms with Gasteiger partial charge in [-0.05, 0) is 25.5 Å². The molecular formula is C17H24OS. The van der Waals surface area contributed by atoms with Gasteiger partial charge in [0, 0.05) is 22.1 Å². The van der Waals surface area contributed by atoms with Crippen LogP contribution in [0.4, 0.5) is 0 Å². The van der Waals surface area contributed by atoms with E-state index in [2.05, 4.69) is 26.0 Å². The molecule has 2 rings (SSSR count). The Morgan fingerprint density at radius 1 is 1.21 bits per heavy atom. The van der Waals surface area contributed by atoms with Gasteiger partial charge in [-0.15, -0.1) is 11.8 Å².